The Kier molecular flexibility index (Phi) is 5.13. The van der Waals surface area contributed by atoms with Crippen molar-refractivity contribution in [2.75, 3.05) is 0 Å². The number of hydrogen-bond acceptors (Lipinski definition) is 3. The average molecular weight is 361 g/mol. The van der Waals surface area contributed by atoms with Crippen molar-refractivity contribution in [2.45, 2.75) is 13.1 Å². The van der Waals surface area contributed by atoms with E-state index in [2.05, 4.69) is 15.4 Å². The highest BCUT2D eigenvalue weighted by Crippen LogP contribution is 2.25. The highest BCUT2D eigenvalue weighted by atomic mass is 35.5. The molecule has 1 N–H and O–H groups in total. The maximum absolute atomic E-state index is 12.2. The Labute approximate surface area is 149 Å². The molecule has 3 rings (SSSR count). The standard InChI is InChI=1S/C17H14Cl2N4O/c18-15-3-1-2-14(16(15)19)17(24)21-8-12-4-6-13(7-5-12)9-23-11-20-10-22-23/h1-7,10-11H,8-9H2,(H,21,24). The zero-order valence-electron chi connectivity index (χ0n) is 12.6. The van der Waals surface area contributed by atoms with Crippen LogP contribution < -0.4 is 5.32 Å². The molecule has 0 aliphatic heterocycles. The minimum Gasteiger partial charge on any atom is -0.348 e. The van der Waals surface area contributed by atoms with Crippen molar-refractivity contribution in [3.05, 3.63) is 81.9 Å². The van der Waals surface area contributed by atoms with Crippen molar-refractivity contribution in [3.8, 4) is 0 Å². The van der Waals surface area contributed by atoms with Gasteiger partial charge in [-0.3, -0.25) is 4.79 Å². The Bertz CT molecular complexity index is 832. The number of nitrogens with one attached hydrogen (secondary N) is 1. The predicted molar refractivity (Wildman–Crippen MR) is 93.2 cm³/mol. The maximum Gasteiger partial charge on any atom is 0.253 e. The molecule has 0 bridgehead atoms. The van der Waals surface area contributed by atoms with Gasteiger partial charge in [0.2, 0.25) is 0 Å². The van der Waals surface area contributed by atoms with E-state index in [1.165, 1.54) is 6.33 Å². The molecular formula is C17H14Cl2N4O. The Hall–Kier alpha value is -2.37. The third kappa shape index (κ3) is 3.93. The molecule has 0 atom stereocenters. The van der Waals surface area contributed by atoms with Crippen LogP contribution >= 0.6 is 23.2 Å². The Balaban J connectivity index is 1.60. The third-order valence-electron chi connectivity index (χ3n) is 3.48. The van der Waals surface area contributed by atoms with Crippen LogP contribution in [-0.4, -0.2) is 20.7 Å². The largest absolute Gasteiger partial charge is 0.348 e. The first kappa shape index (κ1) is 16.5. The second-order valence-electron chi connectivity index (χ2n) is 5.19. The first-order chi connectivity index (χ1) is 11.6. The summed E-state index contributed by atoms with van der Waals surface area (Å²) in [6, 6.07) is 12.9. The normalized spacial score (nSPS) is 10.6. The van der Waals surface area contributed by atoms with E-state index in [0.29, 0.717) is 23.7 Å². The van der Waals surface area contributed by atoms with Crippen LogP contribution in [0, 0.1) is 0 Å². The van der Waals surface area contributed by atoms with Gasteiger partial charge in [0.05, 0.1) is 22.2 Å². The Morgan fingerprint density at radius 3 is 2.54 bits per heavy atom. The summed E-state index contributed by atoms with van der Waals surface area (Å²) in [5, 5.41) is 7.53. The quantitative estimate of drug-likeness (QED) is 0.756. The smallest absolute Gasteiger partial charge is 0.253 e. The van der Waals surface area contributed by atoms with E-state index in [1.54, 1.807) is 29.2 Å². The molecule has 1 heterocycles. The second kappa shape index (κ2) is 7.47. The van der Waals surface area contributed by atoms with E-state index in [0.717, 1.165) is 11.1 Å². The van der Waals surface area contributed by atoms with Gasteiger partial charge in [0, 0.05) is 6.54 Å². The third-order valence-corrected chi connectivity index (χ3v) is 4.30. The molecule has 0 saturated heterocycles. The van der Waals surface area contributed by atoms with Crippen LogP contribution in [0.25, 0.3) is 0 Å². The summed E-state index contributed by atoms with van der Waals surface area (Å²) in [5.41, 5.74) is 2.46. The van der Waals surface area contributed by atoms with Gasteiger partial charge in [0.15, 0.2) is 0 Å². The van der Waals surface area contributed by atoms with Gasteiger partial charge in [0.1, 0.15) is 12.7 Å². The summed E-state index contributed by atoms with van der Waals surface area (Å²) in [5.74, 6) is -0.255. The summed E-state index contributed by atoms with van der Waals surface area (Å²) in [4.78, 5) is 16.1. The fraction of sp³-hybridized carbons (Fsp3) is 0.118. The highest BCUT2D eigenvalue weighted by molar-refractivity contribution is 6.43. The van der Waals surface area contributed by atoms with Crippen LogP contribution in [0.2, 0.25) is 10.0 Å². The monoisotopic (exact) mass is 360 g/mol. The fourth-order valence-corrected chi connectivity index (χ4v) is 2.61. The van der Waals surface area contributed by atoms with Crippen LogP contribution in [0.15, 0.2) is 55.1 Å². The molecule has 5 nitrogen and oxygen atoms in total. The molecule has 0 radical (unpaired) electrons. The minimum atomic E-state index is -0.255. The lowest BCUT2D eigenvalue weighted by atomic mass is 10.1. The minimum absolute atomic E-state index is 0.255. The van der Waals surface area contributed by atoms with E-state index >= 15 is 0 Å². The first-order valence-electron chi connectivity index (χ1n) is 7.26. The van der Waals surface area contributed by atoms with Crippen LogP contribution in [-0.2, 0) is 13.1 Å². The molecular weight excluding hydrogens is 347 g/mol. The number of benzene rings is 2. The van der Waals surface area contributed by atoms with Gasteiger partial charge < -0.3 is 5.32 Å². The van der Waals surface area contributed by atoms with E-state index in [4.69, 9.17) is 23.2 Å². The maximum atomic E-state index is 12.2. The average Bonchev–Trinajstić information content (AvgIpc) is 3.09. The zero-order valence-corrected chi connectivity index (χ0v) is 14.1. The number of aromatic nitrogens is 3. The Morgan fingerprint density at radius 2 is 1.83 bits per heavy atom. The lowest BCUT2D eigenvalue weighted by Gasteiger charge is -2.08. The summed E-state index contributed by atoms with van der Waals surface area (Å²) in [6.45, 7) is 1.07. The lowest BCUT2D eigenvalue weighted by molar-refractivity contribution is 0.0951. The fourth-order valence-electron chi connectivity index (χ4n) is 2.22. The van der Waals surface area contributed by atoms with E-state index in [1.807, 2.05) is 24.3 Å². The summed E-state index contributed by atoms with van der Waals surface area (Å²) in [7, 11) is 0. The molecule has 1 aromatic heterocycles. The number of halogens is 2. The molecule has 0 saturated carbocycles. The molecule has 0 fully saturated rings. The van der Waals surface area contributed by atoms with Crippen LogP contribution in [0.4, 0.5) is 0 Å². The van der Waals surface area contributed by atoms with Gasteiger partial charge in [-0.05, 0) is 23.3 Å². The number of carbonyl (C=O) groups is 1. The number of amides is 1. The van der Waals surface area contributed by atoms with E-state index < -0.39 is 0 Å². The van der Waals surface area contributed by atoms with Gasteiger partial charge in [-0.25, -0.2) is 9.67 Å². The number of rotatable bonds is 5. The summed E-state index contributed by atoms with van der Waals surface area (Å²) >= 11 is 12.0. The highest BCUT2D eigenvalue weighted by Gasteiger charge is 2.12. The number of carbonyl (C=O) groups excluding carboxylic acids is 1. The molecule has 3 aromatic rings. The molecule has 7 heteroatoms. The molecule has 122 valence electrons. The zero-order chi connectivity index (χ0) is 16.9. The van der Waals surface area contributed by atoms with Crippen molar-refractivity contribution in [1.82, 2.24) is 20.1 Å². The predicted octanol–water partition coefficient (Wildman–Crippen LogP) is 3.56. The Morgan fingerprint density at radius 1 is 1.08 bits per heavy atom. The lowest BCUT2D eigenvalue weighted by Crippen LogP contribution is -2.23. The van der Waals surface area contributed by atoms with Crippen LogP contribution in [0.1, 0.15) is 21.5 Å². The van der Waals surface area contributed by atoms with Gasteiger partial charge in [-0.1, -0.05) is 53.5 Å². The molecule has 1 amide bonds. The number of nitrogens with zero attached hydrogens (tertiary/aromatic N) is 3. The SMILES string of the molecule is O=C(NCc1ccc(Cn2cncn2)cc1)c1cccc(Cl)c1Cl. The van der Waals surface area contributed by atoms with Gasteiger partial charge >= 0.3 is 0 Å². The van der Waals surface area contributed by atoms with Gasteiger partial charge in [-0.2, -0.15) is 5.10 Å². The van der Waals surface area contributed by atoms with Crippen molar-refractivity contribution in [3.63, 3.8) is 0 Å². The first-order valence-corrected chi connectivity index (χ1v) is 8.01. The van der Waals surface area contributed by atoms with Crippen molar-refractivity contribution >= 4 is 29.1 Å². The topological polar surface area (TPSA) is 59.8 Å². The molecule has 24 heavy (non-hydrogen) atoms. The summed E-state index contributed by atoms with van der Waals surface area (Å²) in [6.07, 6.45) is 3.17. The van der Waals surface area contributed by atoms with Crippen molar-refractivity contribution in [2.24, 2.45) is 0 Å². The van der Waals surface area contributed by atoms with Crippen LogP contribution in [0.5, 0.6) is 0 Å². The summed E-state index contributed by atoms with van der Waals surface area (Å²) < 4.78 is 1.75. The molecule has 0 aliphatic rings. The van der Waals surface area contributed by atoms with Crippen molar-refractivity contribution < 1.29 is 4.79 Å². The molecule has 0 spiro atoms. The molecule has 0 unspecified atom stereocenters. The van der Waals surface area contributed by atoms with Gasteiger partial charge in [-0.15, -0.1) is 0 Å². The van der Waals surface area contributed by atoms with E-state index in [-0.39, 0.29) is 10.9 Å². The van der Waals surface area contributed by atoms with Gasteiger partial charge in [0.25, 0.3) is 5.91 Å². The molecule has 0 aliphatic carbocycles. The van der Waals surface area contributed by atoms with E-state index in [9.17, 15) is 4.79 Å². The molecule has 2 aromatic carbocycles. The van der Waals surface area contributed by atoms with Crippen LogP contribution in [0.3, 0.4) is 0 Å². The second-order valence-corrected chi connectivity index (χ2v) is 5.98. The van der Waals surface area contributed by atoms with Crippen molar-refractivity contribution in [1.29, 1.82) is 0 Å². The number of hydrogen-bond donors (Lipinski definition) is 1.